The summed E-state index contributed by atoms with van der Waals surface area (Å²) < 4.78 is 33.4. The maximum absolute atomic E-state index is 13.8. The molecule has 0 fully saturated rings. The molecule has 0 aliphatic rings. The molecule has 1 N–H and O–H groups in total. The van der Waals surface area contributed by atoms with E-state index in [1.807, 2.05) is 68.4 Å². The molecule has 220 valence electrons. The highest BCUT2D eigenvalue weighted by molar-refractivity contribution is 9.10. The summed E-state index contributed by atoms with van der Waals surface area (Å²) in [5.74, 6) is -0.000329. The lowest BCUT2D eigenvalue weighted by molar-refractivity contribution is -0.141. The fourth-order valence-corrected chi connectivity index (χ4v) is 5.79. The number of nitrogens with one attached hydrogen (secondary N) is 1. The Kier molecular flexibility index (Phi) is 12.2. The van der Waals surface area contributed by atoms with Gasteiger partial charge in [-0.3, -0.25) is 13.9 Å². The second-order valence-electron chi connectivity index (χ2n) is 9.59. The van der Waals surface area contributed by atoms with Crippen molar-refractivity contribution in [1.82, 2.24) is 10.2 Å². The van der Waals surface area contributed by atoms with Crippen molar-refractivity contribution in [3.8, 4) is 5.75 Å². The number of rotatable bonds is 15. The van der Waals surface area contributed by atoms with Gasteiger partial charge in [0.05, 0.1) is 18.6 Å². The fraction of sp³-hybridized carbons (Fsp3) is 0.355. The van der Waals surface area contributed by atoms with Crippen LogP contribution in [-0.2, 0) is 32.6 Å². The van der Waals surface area contributed by atoms with Gasteiger partial charge < -0.3 is 15.0 Å². The summed E-state index contributed by atoms with van der Waals surface area (Å²) in [7, 11) is -3.65. The Bertz CT molecular complexity index is 1380. The Morgan fingerprint density at radius 1 is 0.927 bits per heavy atom. The summed E-state index contributed by atoms with van der Waals surface area (Å²) in [6.07, 6.45) is 1.81. The minimum atomic E-state index is -3.65. The summed E-state index contributed by atoms with van der Waals surface area (Å²) in [6, 6.07) is 23.4. The molecule has 3 rings (SSSR count). The summed E-state index contributed by atoms with van der Waals surface area (Å²) in [5.41, 5.74) is 2.25. The van der Waals surface area contributed by atoms with Crippen LogP contribution in [0.5, 0.6) is 5.75 Å². The van der Waals surface area contributed by atoms with Gasteiger partial charge in [0.2, 0.25) is 21.8 Å². The van der Waals surface area contributed by atoms with Gasteiger partial charge in [-0.05, 0) is 55.7 Å². The number of halogens is 1. The van der Waals surface area contributed by atoms with E-state index < -0.39 is 16.1 Å². The number of hydrogen-bond donors (Lipinski definition) is 1. The molecule has 8 nitrogen and oxygen atoms in total. The highest BCUT2D eigenvalue weighted by atomic mass is 79.9. The average Bonchev–Trinajstić information content (AvgIpc) is 2.94. The molecule has 0 bridgehead atoms. The number of nitrogens with zero attached hydrogens (tertiary/aromatic N) is 2. The number of sulfonamides is 1. The Labute approximate surface area is 251 Å². The summed E-state index contributed by atoms with van der Waals surface area (Å²) in [4.78, 5) is 28.8. The van der Waals surface area contributed by atoms with Crippen LogP contribution in [0.15, 0.2) is 83.3 Å². The first-order valence-electron chi connectivity index (χ1n) is 13.7. The second kappa shape index (κ2) is 15.6. The van der Waals surface area contributed by atoms with Gasteiger partial charge in [0.25, 0.3) is 0 Å². The quantitative estimate of drug-likeness (QED) is 0.247. The molecule has 0 aromatic heterocycles. The first-order chi connectivity index (χ1) is 19.6. The molecule has 0 spiro atoms. The highest BCUT2D eigenvalue weighted by Gasteiger charge is 2.30. The third-order valence-electron chi connectivity index (χ3n) is 6.47. The monoisotopic (exact) mass is 643 g/mol. The number of benzene rings is 3. The van der Waals surface area contributed by atoms with E-state index >= 15 is 0 Å². The largest absolute Gasteiger partial charge is 0.492 e. The lowest BCUT2D eigenvalue weighted by atomic mass is 10.0. The first-order valence-corrected chi connectivity index (χ1v) is 16.3. The van der Waals surface area contributed by atoms with Crippen LogP contribution in [0, 0.1) is 0 Å². The number of carbonyl (C=O) groups is 2. The Morgan fingerprint density at radius 3 is 2.22 bits per heavy atom. The van der Waals surface area contributed by atoms with E-state index in [1.165, 1.54) is 4.31 Å². The van der Waals surface area contributed by atoms with Crippen LogP contribution >= 0.6 is 15.9 Å². The zero-order valence-electron chi connectivity index (χ0n) is 23.8. The van der Waals surface area contributed by atoms with E-state index in [-0.39, 0.29) is 37.7 Å². The van der Waals surface area contributed by atoms with E-state index in [2.05, 4.69) is 21.2 Å². The molecule has 0 saturated heterocycles. The number of likely N-dealkylation sites (N-methyl/N-ethyl adjacent to an activating group) is 1. The van der Waals surface area contributed by atoms with E-state index in [1.54, 1.807) is 29.2 Å². The Balaban J connectivity index is 1.87. The molecule has 3 aromatic rings. The Hall–Kier alpha value is -3.37. The third-order valence-corrected chi connectivity index (χ3v) is 8.18. The normalized spacial score (nSPS) is 11.9. The highest BCUT2D eigenvalue weighted by Crippen LogP contribution is 2.30. The minimum Gasteiger partial charge on any atom is -0.492 e. The van der Waals surface area contributed by atoms with Crippen LogP contribution in [0.4, 0.5) is 5.69 Å². The fourth-order valence-electron chi connectivity index (χ4n) is 4.56. The van der Waals surface area contributed by atoms with Crippen molar-refractivity contribution in [2.75, 3.05) is 30.3 Å². The lowest BCUT2D eigenvalue weighted by Crippen LogP contribution is -2.50. The van der Waals surface area contributed by atoms with Crippen LogP contribution in [0.3, 0.4) is 0 Å². The molecule has 1 atom stereocenters. The van der Waals surface area contributed by atoms with E-state index in [4.69, 9.17) is 4.74 Å². The van der Waals surface area contributed by atoms with Crippen LogP contribution in [0.25, 0.3) is 0 Å². The van der Waals surface area contributed by atoms with Crippen LogP contribution in [0.1, 0.15) is 37.8 Å². The van der Waals surface area contributed by atoms with Gasteiger partial charge in [0.1, 0.15) is 11.8 Å². The number of para-hydroxylation sites is 2. The van der Waals surface area contributed by atoms with Gasteiger partial charge in [0.15, 0.2) is 0 Å². The van der Waals surface area contributed by atoms with E-state index in [9.17, 15) is 18.0 Å². The number of ether oxygens (including phenoxy) is 1. The molecule has 1 unspecified atom stereocenters. The van der Waals surface area contributed by atoms with E-state index in [0.29, 0.717) is 31.0 Å². The molecule has 0 aliphatic heterocycles. The summed E-state index contributed by atoms with van der Waals surface area (Å²) in [6.45, 7) is 4.84. The predicted octanol–water partition coefficient (Wildman–Crippen LogP) is 5.17. The lowest BCUT2D eigenvalue weighted by Gasteiger charge is -2.32. The Morgan fingerprint density at radius 2 is 1.59 bits per heavy atom. The zero-order valence-corrected chi connectivity index (χ0v) is 26.2. The van der Waals surface area contributed by atoms with Crippen LogP contribution in [0.2, 0.25) is 0 Å². The summed E-state index contributed by atoms with van der Waals surface area (Å²) >= 11 is 3.45. The van der Waals surface area contributed by atoms with Gasteiger partial charge in [-0.1, -0.05) is 70.5 Å². The van der Waals surface area contributed by atoms with Gasteiger partial charge >= 0.3 is 0 Å². The predicted molar refractivity (Wildman–Crippen MR) is 166 cm³/mol. The molecule has 0 saturated carbocycles. The van der Waals surface area contributed by atoms with Crippen molar-refractivity contribution in [1.29, 1.82) is 0 Å². The van der Waals surface area contributed by atoms with Crippen molar-refractivity contribution >= 4 is 43.5 Å². The molecule has 0 heterocycles. The van der Waals surface area contributed by atoms with Crippen LogP contribution < -0.4 is 14.4 Å². The molecular weight excluding hydrogens is 606 g/mol. The third kappa shape index (κ3) is 9.60. The van der Waals surface area contributed by atoms with Crippen LogP contribution in [-0.4, -0.2) is 57.1 Å². The number of hydrogen-bond acceptors (Lipinski definition) is 5. The number of carbonyl (C=O) groups excluding carboxylic acids is 2. The van der Waals surface area contributed by atoms with Gasteiger partial charge in [-0.15, -0.1) is 0 Å². The van der Waals surface area contributed by atoms with Crippen molar-refractivity contribution in [2.45, 2.75) is 45.7 Å². The van der Waals surface area contributed by atoms with Gasteiger partial charge in [-0.25, -0.2) is 8.42 Å². The summed E-state index contributed by atoms with van der Waals surface area (Å²) in [5, 5.41) is 2.89. The zero-order chi connectivity index (χ0) is 29.8. The minimum absolute atomic E-state index is 0.0596. The maximum atomic E-state index is 13.8. The van der Waals surface area contributed by atoms with Gasteiger partial charge in [0, 0.05) is 36.9 Å². The topological polar surface area (TPSA) is 96.0 Å². The molecule has 0 aliphatic carbocycles. The molecule has 0 radical (unpaired) electrons. The van der Waals surface area contributed by atoms with Crippen molar-refractivity contribution in [3.05, 3.63) is 94.5 Å². The molecule has 41 heavy (non-hydrogen) atoms. The number of anilines is 1. The van der Waals surface area contributed by atoms with Gasteiger partial charge in [-0.2, -0.15) is 0 Å². The SMILES string of the molecule is CCNC(=O)C(Cc1ccccc1)N(Cc1ccc(Br)cc1)C(=O)CCCN(c1ccccc1OCC)S(C)(=O)=O. The smallest absolute Gasteiger partial charge is 0.243 e. The second-order valence-corrected chi connectivity index (χ2v) is 12.4. The van der Waals surface area contributed by atoms with Crippen molar-refractivity contribution < 1.29 is 22.7 Å². The molecular formula is C31H38BrN3O5S. The standard InChI is InChI=1S/C31H38BrN3O5S/c1-4-33-31(37)28(22-24-12-7-6-8-13-24)34(23-25-17-19-26(32)20-18-25)30(36)16-11-21-35(41(3,38)39)27-14-9-10-15-29(27)40-5-2/h6-10,12-15,17-20,28H,4-5,11,16,21-23H2,1-3H3,(H,33,37). The average molecular weight is 645 g/mol. The molecule has 3 aromatic carbocycles. The maximum Gasteiger partial charge on any atom is 0.243 e. The van der Waals surface area contributed by atoms with Crippen molar-refractivity contribution in [3.63, 3.8) is 0 Å². The molecule has 10 heteroatoms. The number of amides is 2. The van der Waals surface area contributed by atoms with E-state index in [0.717, 1.165) is 21.9 Å². The first kappa shape index (κ1) is 32.1. The van der Waals surface area contributed by atoms with Crippen molar-refractivity contribution in [2.24, 2.45) is 0 Å². The molecule has 2 amide bonds.